The van der Waals surface area contributed by atoms with E-state index in [1.165, 1.54) is 11.8 Å². The van der Waals surface area contributed by atoms with E-state index in [0.717, 1.165) is 15.5 Å². The summed E-state index contributed by atoms with van der Waals surface area (Å²) in [5.41, 5.74) is 0.372. The highest BCUT2D eigenvalue weighted by Crippen LogP contribution is 2.41. The number of hydrogen-bond acceptors (Lipinski definition) is 10. The van der Waals surface area contributed by atoms with Gasteiger partial charge in [0.1, 0.15) is 17.0 Å². The number of hydroxylamine groups is 1. The summed E-state index contributed by atoms with van der Waals surface area (Å²) in [6.07, 6.45) is -0.514. The van der Waals surface area contributed by atoms with Crippen molar-refractivity contribution in [2.75, 3.05) is 12.2 Å². The maximum absolute atomic E-state index is 13.7. The van der Waals surface area contributed by atoms with Crippen molar-refractivity contribution in [3.8, 4) is 5.75 Å². The van der Waals surface area contributed by atoms with Crippen LogP contribution in [-0.2, 0) is 36.9 Å². The van der Waals surface area contributed by atoms with Crippen LogP contribution in [0, 0.1) is 0 Å². The largest absolute Gasteiger partial charge is 0.497 e. The van der Waals surface area contributed by atoms with E-state index in [9.17, 15) is 19.2 Å². The molecule has 45 heavy (non-hydrogen) atoms. The zero-order valence-electron chi connectivity index (χ0n) is 27.0. The number of amides is 3. The Kier molecular flexibility index (Phi) is 11.9. The molecule has 3 rings (SSSR count). The molecule has 12 nitrogen and oxygen atoms in total. The van der Waals surface area contributed by atoms with E-state index in [2.05, 4.69) is 15.6 Å². The van der Waals surface area contributed by atoms with E-state index in [4.69, 9.17) is 19.0 Å². The number of fused-ring (bicyclic) bond motifs is 1. The van der Waals surface area contributed by atoms with Gasteiger partial charge in [-0.05, 0) is 89.8 Å². The van der Waals surface area contributed by atoms with Gasteiger partial charge in [-0.15, -0.1) is 16.8 Å². The number of alkyl carbamates (subject to hydrolysis) is 2. The monoisotopic (exact) mass is 642 g/mol. The Bertz CT molecular complexity index is 1380. The third-order valence-corrected chi connectivity index (χ3v) is 7.12. The summed E-state index contributed by atoms with van der Waals surface area (Å²) >= 11 is 1.38. The Morgan fingerprint density at radius 2 is 1.49 bits per heavy atom. The molecule has 1 heterocycles. The third kappa shape index (κ3) is 11.3. The second-order valence-corrected chi connectivity index (χ2v) is 13.5. The number of nitrogens with zero attached hydrogens (tertiary/aromatic N) is 2. The van der Waals surface area contributed by atoms with Crippen molar-refractivity contribution < 1.29 is 38.2 Å². The van der Waals surface area contributed by atoms with Crippen LogP contribution in [0.15, 0.2) is 52.4 Å². The van der Waals surface area contributed by atoms with Crippen molar-refractivity contribution in [2.24, 2.45) is 4.99 Å². The van der Waals surface area contributed by atoms with E-state index in [0.29, 0.717) is 29.8 Å². The van der Waals surface area contributed by atoms with Gasteiger partial charge in [0.2, 0.25) is 5.96 Å². The Hall–Kier alpha value is -4.26. The van der Waals surface area contributed by atoms with Gasteiger partial charge in [-0.25, -0.2) is 19.4 Å². The van der Waals surface area contributed by atoms with Crippen molar-refractivity contribution in [2.45, 2.75) is 95.6 Å². The highest BCUT2D eigenvalue weighted by molar-refractivity contribution is 8.01. The lowest BCUT2D eigenvalue weighted by atomic mass is 10.1. The van der Waals surface area contributed by atoms with Gasteiger partial charge in [0, 0.05) is 11.3 Å². The number of carbonyl (C=O) groups is 4. The number of thioether (sulfide) groups is 1. The SMILES string of the molecule is CCCC(=O)ON1C(=O)C(Cc2ccc(OC)cc2)Sc2ccc(CN=C(NC(=O)OC(C)(C)C)NC(=O)OC(C)(C)C)cc21. The average Bonchev–Trinajstić information content (AvgIpc) is 2.92. The van der Waals surface area contributed by atoms with Gasteiger partial charge in [0.25, 0.3) is 5.91 Å². The maximum Gasteiger partial charge on any atom is 0.414 e. The number of hydrogen-bond donors (Lipinski definition) is 2. The van der Waals surface area contributed by atoms with E-state index in [1.807, 2.05) is 37.3 Å². The second kappa shape index (κ2) is 15.2. The fourth-order valence-corrected chi connectivity index (χ4v) is 5.19. The van der Waals surface area contributed by atoms with Crippen molar-refractivity contribution in [1.82, 2.24) is 10.6 Å². The first-order chi connectivity index (χ1) is 21.1. The highest BCUT2D eigenvalue weighted by atomic mass is 32.2. The lowest BCUT2D eigenvalue weighted by Crippen LogP contribution is -2.47. The third-order valence-electron chi connectivity index (χ3n) is 5.87. The number of rotatable bonds is 8. The first-order valence-corrected chi connectivity index (χ1v) is 15.5. The van der Waals surface area contributed by atoms with Gasteiger partial charge >= 0.3 is 18.2 Å². The Morgan fingerprint density at radius 3 is 2.02 bits per heavy atom. The summed E-state index contributed by atoms with van der Waals surface area (Å²) in [5, 5.41) is 5.42. The first kappa shape index (κ1) is 35.2. The standard InChI is InChI=1S/C32H42N4O8S/c1-9-10-26(37)44-36-23-17-21(13-16-24(23)45-25(27(36)38)18-20-11-14-22(41-8)15-12-20)19-33-28(34-29(39)42-31(2,3)4)35-30(40)43-32(5,6)7/h11-17,25H,9-10,18-19H2,1-8H3,(H2,33,34,35,39,40). The van der Waals surface area contributed by atoms with E-state index in [-0.39, 0.29) is 24.8 Å². The molecule has 0 bridgehead atoms. The van der Waals surface area contributed by atoms with Crippen LogP contribution in [0.25, 0.3) is 0 Å². The van der Waals surface area contributed by atoms with Crippen LogP contribution in [0.5, 0.6) is 5.75 Å². The van der Waals surface area contributed by atoms with Gasteiger partial charge < -0.3 is 19.0 Å². The molecule has 0 saturated heterocycles. The van der Waals surface area contributed by atoms with Crippen LogP contribution >= 0.6 is 11.8 Å². The Balaban J connectivity index is 1.89. The van der Waals surface area contributed by atoms with Gasteiger partial charge in [-0.3, -0.25) is 15.4 Å². The molecule has 1 aliphatic heterocycles. The smallest absolute Gasteiger partial charge is 0.414 e. The summed E-state index contributed by atoms with van der Waals surface area (Å²) in [6, 6.07) is 12.8. The van der Waals surface area contributed by atoms with Crippen LogP contribution < -0.4 is 20.4 Å². The first-order valence-electron chi connectivity index (χ1n) is 14.6. The zero-order chi connectivity index (χ0) is 33.4. The molecule has 13 heteroatoms. The van der Waals surface area contributed by atoms with Crippen LogP contribution in [0.1, 0.15) is 72.4 Å². The number of anilines is 1. The predicted octanol–water partition coefficient (Wildman–Crippen LogP) is 5.91. The molecule has 0 radical (unpaired) electrons. The molecule has 0 spiro atoms. The minimum absolute atomic E-state index is 0.0148. The van der Waals surface area contributed by atoms with E-state index in [1.54, 1.807) is 60.8 Å². The van der Waals surface area contributed by atoms with Crippen molar-refractivity contribution in [3.63, 3.8) is 0 Å². The summed E-state index contributed by atoms with van der Waals surface area (Å²) in [4.78, 5) is 61.8. The van der Waals surface area contributed by atoms with Crippen molar-refractivity contribution >= 4 is 47.5 Å². The number of nitrogens with one attached hydrogen (secondary N) is 2. The molecule has 2 aromatic carbocycles. The molecular formula is C32H42N4O8S. The van der Waals surface area contributed by atoms with Crippen molar-refractivity contribution in [1.29, 1.82) is 0 Å². The van der Waals surface area contributed by atoms with Crippen LogP contribution in [0.2, 0.25) is 0 Å². The molecule has 1 unspecified atom stereocenters. The van der Waals surface area contributed by atoms with Gasteiger partial charge in [0.15, 0.2) is 0 Å². The molecule has 244 valence electrons. The number of methoxy groups -OCH3 is 1. The number of aliphatic imine (C=N–C) groups is 1. The Labute approximate surface area is 268 Å². The molecule has 0 aliphatic carbocycles. The fraction of sp³-hybridized carbons (Fsp3) is 0.469. The maximum atomic E-state index is 13.7. The molecule has 0 saturated carbocycles. The van der Waals surface area contributed by atoms with Gasteiger partial charge in [-0.1, -0.05) is 25.1 Å². The quantitative estimate of drug-likeness (QED) is 0.265. The number of benzene rings is 2. The fourth-order valence-electron chi connectivity index (χ4n) is 4.00. The zero-order valence-corrected chi connectivity index (χ0v) is 27.8. The molecule has 1 atom stereocenters. The minimum atomic E-state index is -0.818. The lowest BCUT2D eigenvalue weighted by Gasteiger charge is -2.32. The summed E-state index contributed by atoms with van der Waals surface area (Å²) in [5.74, 6) is -0.372. The minimum Gasteiger partial charge on any atom is -0.497 e. The van der Waals surface area contributed by atoms with Gasteiger partial charge in [0.05, 0.1) is 24.6 Å². The predicted molar refractivity (Wildman–Crippen MR) is 171 cm³/mol. The average molecular weight is 643 g/mol. The van der Waals surface area contributed by atoms with Gasteiger partial charge in [-0.2, -0.15) is 0 Å². The summed E-state index contributed by atoms with van der Waals surface area (Å²) < 4.78 is 15.8. The topological polar surface area (TPSA) is 145 Å². The highest BCUT2D eigenvalue weighted by Gasteiger charge is 2.36. The normalized spacial score (nSPS) is 14.5. The van der Waals surface area contributed by atoms with Crippen LogP contribution in [0.3, 0.4) is 0 Å². The molecule has 1 aliphatic rings. The lowest BCUT2D eigenvalue weighted by molar-refractivity contribution is -0.150. The molecule has 0 fully saturated rings. The number of guanidine groups is 1. The second-order valence-electron chi connectivity index (χ2n) is 12.2. The molecule has 0 aromatic heterocycles. The molecule has 2 N–H and O–H groups in total. The summed E-state index contributed by atoms with van der Waals surface area (Å²) in [6.45, 7) is 12.1. The van der Waals surface area contributed by atoms with Crippen LogP contribution in [0.4, 0.5) is 15.3 Å². The molecule has 3 amide bonds. The van der Waals surface area contributed by atoms with E-state index >= 15 is 0 Å². The number of ether oxygens (including phenoxy) is 3. The molecular weight excluding hydrogens is 600 g/mol. The van der Waals surface area contributed by atoms with Crippen LogP contribution in [-0.4, -0.2) is 53.6 Å². The Morgan fingerprint density at radius 1 is 0.911 bits per heavy atom. The number of carbonyl (C=O) groups excluding carboxylic acids is 4. The molecule has 2 aromatic rings. The van der Waals surface area contributed by atoms with Crippen molar-refractivity contribution in [3.05, 3.63) is 53.6 Å². The van der Waals surface area contributed by atoms with E-state index < -0.39 is 34.6 Å². The summed E-state index contributed by atoms with van der Waals surface area (Å²) in [7, 11) is 1.59.